The number of nitrogens with one attached hydrogen (secondary N) is 1. The molecule has 0 atom stereocenters. The first-order valence-electron chi connectivity index (χ1n) is 6.57. The van der Waals surface area contributed by atoms with Crippen molar-refractivity contribution in [2.24, 2.45) is 7.05 Å². The maximum absolute atomic E-state index is 12.1. The molecule has 0 aromatic carbocycles. The van der Waals surface area contributed by atoms with Crippen molar-refractivity contribution < 1.29 is 9.21 Å². The van der Waals surface area contributed by atoms with Gasteiger partial charge in [0.2, 0.25) is 0 Å². The van der Waals surface area contributed by atoms with Gasteiger partial charge in [0.15, 0.2) is 0 Å². The Kier molecular flexibility index (Phi) is 3.74. The van der Waals surface area contributed by atoms with E-state index in [1.165, 1.54) is 30.5 Å². The number of hydrogen-bond acceptors (Lipinski definition) is 8. The molecule has 1 N–H and O–H groups in total. The van der Waals surface area contributed by atoms with Crippen LogP contribution in [-0.2, 0) is 7.05 Å². The van der Waals surface area contributed by atoms with E-state index in [2.05, 4.69) is 25.6 Å². The summed E-state index contributed by atoms with van der Waals surface area (Å²) in [6, 6.07) is 2.53. The molecule has 3 aromatic rings. The highest BCUT2D eigenvalue weighted by molar-refractivity contribution is 7.15. The maximum Gasteiger partial charge on any atom is 0.322 e. The van der Waals surface area contributed by atoms with Crippen LogP contribution in [0.3, 0.4) is 0 Å². The first kappa shape index (κ1) is 15.0. The Morgan fingerprint density at radius 2 is 2.09 bits per heavy atom. The number of thiazole rings is 1. The lowest BCUT2D eigenvalue weighted by molar-refractivity contribution is 0.101. The summed E-state index contributed by atoms with van der Waals surface area (Å²) < 4.78 is 6.50. The summed E-state index contributed by atoms with van der Waals surface area (Å²) in [6.07, 6.45) is 0. The Morgan fingerprint density at radius 3 is 2.74 bits per heavy atom. The second-order valence-corrected chi connectivity index (χ2v) is 5.90. The first-order chi connectivity index (χ1) is 10.9. The van der Waals surface area contributed by atoms with Crippen LogP contribution in [0, 0.1) is 13.8 Å². The van der Waals surface area contributed by atoms with Crippen LogP contribution < -0.4 is 10.9 Å². The third-order valence-electron chi connectivity index (χ3n) is 2.94. The molecule has 118 valence electrons. The maximum atomic E-state index is 12.1. The van der Waals surface area contributed by atoms with Crippen molar-refractivity contribution in [3.63, 3.8) is 0 Å². The SMILES string of the molecule is Cc1nc(C)c(-c2nnc(NC(=O)c3ccc(=O)n(C)n3)o2)s1. The van der Waals surface area contributed by atoms with E-state index in [1.54, 1.807) is 0 Å². The van der Waals surface area contributed by atoms with Crippen LogP contribution >= 0.6 is 11.3 Å². The zero-order valence-corrected chi connectivity index (χ0v) is 13.3. The van der Waals surface area contributed by atoms with Crippen molar-refractivity contribution >= 4 is 23.3 Å². The molecule has 0 bridgehead atoms. The van der Waals surface area contributed by atoms with Gasteiger partial charge in [0, 0.05) is 13.1 Å². The third kappa shape index (κ3) is 3.01. The molecule has 0 aliphatic carbocycles. The quantitative estimate of drug-likeness (QED) is 0.765. The van der Waals surface area contributed by atoms with Crippen LogP contribution in [-0.4, -0.2) is 30.9 Å². The molecular formula is C13H12N6O3S. The lowest BCUT2D eigenvalue weighted by atomic mass is 10.4. The normalized spacial score (nSPS) is 10.7. The number of amides is 1. The largest absolute Gasteiger partial charge is 0.402 e. The Morgan fingerprint density at radius 1 is 1.30 bits per heavy atom. The van der Waals surface area contributed by atoms with E-state index in [0.29, 0.717) is 0 Å². The average Bonchev–Trinajstić information content (AvgIpc) is 3.08. The Labute approximate surface area is 134 Å². The lowest BCUT2D eigenvalue weighted by Crippen LogP contribution is -2.23. The van der Waals surface area contributed by atoms with E-state index >= 15 is 0 Å². The highest BCUT2D eigenvalue weighted by Gasteiger charge is 2.17. The highest BCUT2D eigenvalue weighted by atomic mass is 32.1. The average molecular weight is 332 g/mol. The number of carbonyl (C=O) groups is 1. The van der Waals surface area contributed by atoms with Gasteiger partial charge in [0.05, 0.1) is 10.7 Å². The Hall–Kier alpha value is -2.88. The number of rotatable bonds is 3. The van der Waals surface area contributed by atoms with Crippen molar-refractivity contribution in [1.82, 2.24) is 25.0 Å². The van der Waals surface area contributed by atoms with Crippen LogP contribution in [0.4, 0.5) is 6.01 Å². The zero-order chi connectivity index (χ0) is 16.6. The monoisotopic (exact) mass is 332 g/mol. The van der Waals surface area contributed by atoms with Crippen molar-refractivity contribution in [3.05, 3.63) is 38.9 Å². The number of hydrogen-bond donors (Lipinski definition) is 1. The summed E-state index contributed by atoms with van der Waals surface area (Å²) in [4.78, 5) is 28.4. The molecule has 1 amide bonds. The number of aryl methyl sites for hydroxylation is 3. The summed E-state index contributed by atoms with van der Waals surface area (Å²) in [5.74, 6) is -0.259. The van der Waals surface area contributed by atoms with Crippen LogP contribution in [0.1, 0.15) is 21.2 Å². The summed E-state index contributed by atoms with van der Waals surface area (Å²) in [5, 5.41) is 14.9. The van der Waals surface area contributed by atoms with Gasteiger partial charge in [-0.3, -0.25) is 14.9 Å². The van der Waals surface area contributed by atoms with Crippen LogP contribution in [0.15, 0.2) is 21.3 Å². The topological polar surface area (TPSA) is 116 Å². The van der Waals surface area contributed by atoms with Gasteiger partial charge in [0.1, 0.15) is 10.6 Å². The van der Waals surface area contributed by atoms with Crippen LogP contribution in [0.2, 0.25) is 0 Å². The minimum Gasteiger partial charge on any atom is -0.402 e. The van der Waals surface area contributed by atoms with Crippen LogP contribution in [0.25, 0.3) is 10.8 Å². The Balaban J connectivity index is 1.81. The standard InChI is InChI=1S/C13H12N6O3S/c1-6-10(23-7(2)14-6)12-16-17-13(22-12)15-11(21)8-4-5-9(20)19(3)18-8/h4-5H,1-3H3,(H,15,17,21). The predicted molar refractivity (Wildman–Crippen MR) is 82.3 cm³/mol. The second-order valence-electron chi connectivity index (χ2n) is 4.69. The lowest BCUT2D eigenvalue weighted by Gasteiger charge is -2.01. The van der Waals surface area contributed by atoms with Gasteiger partial charge in [0.25, 0.3) is 17.4 Å². The third-order valence-corrected chi connectivity index (χ3v) is 4.00. The Bertz CT molecular complexity index is 941. The number of aromatic nitrogens is 5. The van der Waals surface area contributed by atoms with Gasteiger partial charge in [-0.2, -0.15) is 5.10 Å². The molecule has 0 fully saturated rings. The fourth-order valence-corrected chi connectivity index (χ4v) is 2.72. The second kappa shape index (κ2) is 5.72. The van der Waals surface area contributed by atoms with E-state index in [-0.39, 0.29) is 23.2 Å². The molecule has 0 spiro atoms. The van der Waals surface area contributed by atoms with Gasteiger partial charge >= 0.3 is 6.01 Å². The summed E-state index contributed by atoms with van der Waals surface area (Å²) in [5.41, 5.74) is 0.545. The molecule has 10 heteroatoms. The van der Waals surface area contributed by atoms with E-state index in [0.717, 1.165) is 20.3 Å². The van der Waals surface area contributed by atoms with Gasteiger partial charge in [-0.1, -0.05) is 5.10 Å². The minimum atomic E-state index is -0.548. The smallest absolute Gasteiger partial charge is 0.322 e. The predicted octanol–water partition coefficient (Wildman–Crippen LogP) is 1.16. The van der Waals surface area contributed by atoms with Gasteiger partial charge in [-0.25, -0.2) is 9.67 Å². The fraction of sp³-hybridized carbons (Fsp3) is 0.231. The van der Waals surface area contributed by atoms with Gasteiger partial charge < -0.3 is 4.42 Å². The zero-order valence-electron chi connectivity index (χ0n) is 12.5. The fourth-order valence-electron chi connectivity index (χ4n) is 1.88. The molecule has 3 aromatic heterocycles. The molecule has 0 radical (unpaired) electrons. The molecule has 0 saturated carbocycles. The molecule has 3 heterocycles. The molecule has 9 nitrogen and oxygen atoms in total. The number of anilines is 1. The van der Waals surface area contributed by atoms with Gasteiger partial charge in [-0.15, -0.1) is 16.4 Å². The van der Waals surface area contributed by atoms with Crippen molar-refractivity contribution in [2.75, 3.05) is 5.32 Å². The van der Waals surface area contributed by atoms with E-state index < -0.39 is 5.91 Å². The van der Waals surface area contributed by atoms with E-state index in [4.69, 9.17) is 4.42 Å². The summed E-state index contributed by atoms with van der Waals surface area (Å²) >= 11 is 1.43. The minimum absolute atomic E-state index is 0.0499. The molecule has 0 aliphatic heterocycles. The molecular weight excluding hydrogens is 320 g/mol. The molecule has 23 heavy (non-hydrogen) atoms. The number of carbonyl (C=O) groups excluding carboxylic acids is 1. The number of nitrogens with zero attached hydrogens (tertiary/aromatic N) is 5. The van der Waals surface area contributed by atoms with E-state index in [9.17, 15) is 9.59 Å². The molecule has 0 saturated heterocycles. The summed E-state index contributed by atoms with van der Waals surface area (Å²) in [6.45, 7) is 3.72. The molecule has 0 aliphatic rings. The molecule has 3 rings (SSSR count). The highest BCUT2D eigenvalue weighted by Crippen LogP contribution is 2.29. The van der Waals surface area contributed by atoms with Gasteiger partial charge in [-0.05, 0) is 19.9 Å². The van der Waals surface area contributed by atoms with Crippen molar-refractivity contribution in [3.8, 4) is 10.8 Å². The summed E-state index contributed by atoms with van der Waals surface area (Å²) in [7, 11) is 1.46. The van der Waals surface area contributed by atoms with Crippen LogP contribution in [0.5, 0.6) is 0 Å². The molecule has 0 unspecified atom stereocenters. The first-order valence-corrected chi connectivity index (χ1v) is 7.39. The van der Waals surface area contributed by atoms with Crippen molar-refractivity contribution in [2.45, 2.75) is 13.8 Å². The van der Waals surface area contributed by atoms with Crippen molar-refractivity contribution in [1.29, 1.82) is 0 Å². The van der Waals surface area contributed by atoms with E-state index in [1.807, 2.05) is 13.8 Å².